The van der Waals surface area contributed by atoms with Crippen molar-refractivity contribution in [2.24, 2.45) is 0 Å². The molecule has 0 saturated heterocycles. The van der Waals surface area contributed by atoms with Crippen molar-refractivity contribution in [3.63, 3.8) is 0 Å². The molecular formula is C12H13BrN2. The molecule has 78 valence electrons. The largest absolute Gasteiger partial charge is 0.383 e. The molecule has 2 aromatic rings. The van der Waals surface area contributed by atoms with Crippen LogP contribution in [0.3, 0.4) is 0 Å². The van der Waals surface area contributed by atoms with Crippen molar-refractivity contribution in [3.05, 3.63) is 34.3 Å². The summed E-state index contributed by atoms with van der Waals surface area (Å²) in [6, 6.07) is 8.17. The second-order valence-electron chi connectivity index (χ2n) is 3.95. The maximum atomic E-state index is 5.91. The minimum absolute atomic E-state index is 0.408. The van der Waals surface area contributed by atoms with Crippen LogP contribution in [0.25, 0.3) is 10.9 Å². The van der Waals surface area contributed by atoms with Gasteiger partial charge in [0, 0.05) is 9.86 Å². The number of rotatable bonds is 1. The lowest BCUT2D eigenvalue weighted by atomic mass is 10.0. The highest BCUT2D eigenvalue weighted by Crippen LogP contribution is 2.26. The van der Waals surface area contributed by atoms with Gasteiger partial charge in [-0.25, -0.2) is 4.98 Å². The SMILES string of the molecule is CC(C)c1cc2ccc(Br)cc2nc1N. The van der Waals surface area contributed by atoms with Gasteiger partial charge in [-0.2, -0.15) is 0 Å². The van der Waals surface area contributed by atoms with Crippen LogP contribution in [0, 0.1) is 0 Å². The Morgan fingerprint density at radius 3 is 2.67 bits per heavy atom. The van der Waals surface area contributed by atoms with E-state index in [4.69, 9.17) is 5.73 Å². The third-order valence-corrected chi connectivity index (χ3v) is 2.96. The molecule has 2 nitrogen and oxygen atoms in total. The summed E-state index contributed by atoms with van der Waals surface area (Å²) < 4.78 is 1.03. The van der Waals surface area contributed by atoms with Gasteiger partial charge in [0.1, 0.15) is 5.82 Å². The zero-order valence-electron chi connectivity index (χ0n) is 8.79. The van der Waals surface area contributed by atoms with Crippen LogP contribution in [0.5, 0.6) is 0 Å². The Hall–Kier alpha value is -1.09. The van der Waals surface area contributed by atoms with Gasteiger partial charge in [0.05, 0.1) is 5.52 Å². The summed E-state index contributed by atoms with van der Waals surface area (Å²) in [6.45, 7) is 4.25. The van der Waals surface area contributed by atoms with Crippen LogP contribution in [-0.4, -0.2) is 4.98 Å². The molecule has 0 amide bonds. The maximum absolute atomic E-state index is 5.91. The van der Waals surface area contributed by atoms with E-state index in [1.807, 2.05) is 12.1 Å². The van der Waals surface area contributed by atoms with Crippen molar-refractivity contribution in [1.82, 2.24) is 4.98 Å². The molecule has 2 N–H and O–H groups in total. The quantitative estimate of drug-likeness (QED) is 0.853. The summed E-state index contributed by atoms with van der Waals surface area (Å²) in [5.41, 5.74) is 7.96. The molecule has 1 aromatic heterocycles. The van der Waals surface area contributed by atoms with Crippen molar-refractivity contribution in [2.75, 3.05) is 5.73 Å². The molecule has 0 radical (unpaired) electrons. The molecule has 0 saturated carbocycles. The molecule has 0 atom stereocenters. The van der Waals surface area contributed by atoms with Gasteiger partial charge in [-0.15, -0.1) is 0 Å². The zero-order valence-corrected chi connectivity index (χ0v) is 10.4. The molecule has 0 unspecified atom stereocenters. The number of aromatic nitrogens is 1. The van der Waals surface area contributed by atoms with Crippen molar-refractivity contribution in [1.29, 1.82) is 0 Å². The van der Waals surface area contributed by atoms with E-state index in [9.17, 15) is 0 Å². The van der Waals surface area contributed by atoms with E-state index >= 15 is 0 Å². The second kappa shape index (κ2) is 3.81. The summed E-state index contributed by atoms with van der Waals surface area (Å²) >= 11 is 3.42. The predicted molar refractivity (Wildman–Crippen MR) is 67.9 cm³/mol. The monoisotopic (exact) mass is 264 g/mol. The average molecular weight is 265 g/mol. The Kier molecular flexibility index (Phi) is 2.65. The molecule has 1 heterocycles. The van der Waals surface area contributed by atoms with E-state index in [-0.39, 0.29) is 0 Å². The molecule has 3 heteroatoms. The van der Waals surface area contributed by atoms with Gasteiger partial charge in [-0.05, 0) is 29.7 Å². The third kappa shape index (κ3) is 1.97. The smallest absolute Gasteiger partial charge is 0.127 e. The number of pyridine rings is 1. The fourth-order valence-electron chi connectivity index (χ4n) is 1.63. The summed E-state index contributed by atoms with van der Waals surface area (Å²) in [7, 11) is 0. The fraction of sp³-hybridized carbons (Fsp3) is 0.250. The average Bonchev–Trinajstić information content (AvgIpc) is 2.15. The van der Waals surface area contributed by atoms with Crippen LogP contribution in [0.15, 0.2) is 28.7 Å². The molecule has 15 heavy (non-hydrogen) atoms. The Balaban J connectivity index is 2.71. The number of halogens is 1. The van der Waals surface area contributed by atoms with E-state index in [1.165, 1.54) is 0 Å². The number of anilines is 1. The molecule has 0 aliphatic heterocycles. The Morgan fingerprint density at radius 1 is 1.27 bits per heavy atom. The van der Waals surface area contributed by atoms with Crippen molar-refractivity contribution in [2.45, 2.75) is 19.8 Å². The lowest BCUT2D eigenvalue weighted by Crippen LogP contribution is -1.99. The van der Waals surface area contributed by atoms with Crippen LogP contribution >= 0.6 is 15.9 Å². The maximum Gasteiger partial charge on any atom is 0.127 e. The van der Waals surface area contributed by atoms with Gasteiger partial charge in [-0.1, -0.05) is 35.8 Å². The van der Waals surface area contributed by atoms with Crippen LogP contribution in [0.2, 0.25) is 0 Å². The first-order valence-electron chi connectivity index (χ1n) is 4.93. The summed E-state index contributed by atoms with van der Waals surface area (Å²) in [5, 5.41) is 1.14. The van der Waals surface area contributed by atoms with Crippen molar-refractivity contribution in [3.8, 4) is 0 Å². The van der Waals surface area contributed by atoms with Gasteiger partial charge >= 0.3 is 0 Å². The predicted octanol–water partition coefficient (Wildman–Crippen LogP) is 3.70. The summed E-state index contributed by atoms with van der Waals surface area (Å²) in [5.74, 6) is 1.04. The van der Waals surface area contributed by atoms with Gasteiger partial charge in [0.25, 0.3) is 0 Å². The van der Waals surface area contributed by atoms with E-state index in [1.54, 1.807) is 0 Å². The molecule has 0 fully saturated rings. The Labute approximate surface area is 97.6 Å². The van der Waals surface area contributed by atoms with Crippen LogP contribution < -0.4 is 5.73 Å². The first-order valence-corrected chi connectivity index (χ1v) is 5.73. The number of hydrogen-bond acceptors (Lipinski definition) is 2. The minimum atomic E-state index is 0.408. The second-order valence-corrected chi connectivity index (χ2v) is 4.87. The van der Waals surface area contributed by atoms with Gasteiger partial charge < -0.3 is 5.73 Å². The minimum Gasteiger partial charge on any atom is -0.383 e. The molecule has 0 bridgehead atoms. The topological polar surface area (TPSA) is 38.9 Å². The number of nitrogens with zero attached hydrogens (tertiary/aromatic N) is 1. The summed E-state index contributed by atoms with van der Waals surface area (Å²) in [4.78, 5) is 4.41. The molecule has 0 aliphatic carbocycles. The normalized spacial score (nSPS) is 11.2. The zero-order chi connectivity index (χ0) is 11.0. The highest BCUT2D eigenvalue weighted by molar-refractivity contribution is 9.10. The molecular weight excluding hydrogens is 252 g/mol. The number of fused-ring (bicyclic) bond motifs is 1. The first kappa shape index (κ1) is 10.4. The van der Waals surface area contributed by atoms with Gasteiger partial charge in [0.2, 0.25) is 0 Å². The number of nitrogens with two attached hydrogens (primary N) is 1. The lowest BCUT2D eigenvalue weighted by molar-refractivity contribution is 0.866. The van der Waals surface area contributed by atoms with E-state index in [0.29, 0.717) is 11.7 Å². The Bertz CT molecular complexity index is 506. The van der Waals surface area contributed by atoms with Crippen molar-refractivity contribution < 1.29 is 0 Å². The first-order chi connectivity index (χ1) is 7.08. The Morgan fingerprint density at radius 2 is 2.00 bits per heavy atom. The van der Waals surface area contributed by atoms with Crippen LogP contribution in [0.4, 0.5) is 5.82 Å². The lowest BCUT2D eigenvalue weighted by Gasteiger charge is -2.10. The number of benzene rings is 1. The number of hydrogen-bond donors (Lipinski definition) is 1. The van der Waals surface area contributed by atoms with Gasteiger partial charge in [-0.3, -0.25) is 0 Å². The molecule has 0 aliphatic rings. The van der Waals surface area contributed by atoms with Crippen molar-refractivity contribution >= 4 is 32.7 Å². The van der Waals surface area contributed by atoms with Gasteiger partial charge in [0.15, 0.2) is 0 Å². The summed E-state index contributed by atoms with van der Waals surface area (Å²) in [6.07, 6.45) is 0. The fourth-order valence-corrected chi connectivity index (χ4v) is 1.98. The number of nitrogen functional groups attached to an aromatic ring is 1. The molecule has 2 rings (SSSR count). The highest BCUT2D eigenvalue weighted by Gasteiger charge is 2.07. The van der Waals surface area contributed by atoms with E-state index in [0.717, 1.165) is 20.9 Å². The van der Waals surface area contributed by atoms with Crippen LogP contribution in [-0.2, 0) is 0 Å². The molecule has 1 aromatic carbocycles. The standard InChI is InChI=1S/C12H13BrN2/c1-7(2)10-5-8-3-4-9(13)6-11(8)15-12(10)14/h3-7H,1-2H3,(H2,14,15). The highest BCUT2D eigenvalue weighted by atomic mass is 79.9. The molecule has 0 spiro atoms. The van der Waals surface area contributed by atoms with E-state index < -0.39 is 0 Å². The van der Waals surface area contributed by atoms with Crippen LogP contribution in [0.1, 0.15) is 25.3 Å². The van der Waals surface area contributed by atoms with E-state index in [2.05, 4.69) is 46.9 Å². The third-order valence-electron chi connectivity index (χ3n) is 2.46.